The largest absolute Gasteiger partial charge is 0.481 e. The van der Waals surface area contributed by atoms with Crippen LogP contribution in [0.3, 0.4) is 0 Å². The number of benzene rings is 2. The van der Waals surface area contributed by atoms with Crippen molar-refractivity contribution >= 4 is 29.1 Å². The summed E-state index contributed by atoms with van der Waals surface area (Å²) in [7, 11) is 1.56. The van der Waals surface area contributed by atoms with Crippen LogP contribution in [0, 0.1) is 0 Å². The van der Waals surface area contributed by atoms with Crippen LogP contribution in [0.4, 0.5) is 14.5 Å². The Morgan fingerprint density at radius 1 is 1.09 bits per heavy atom. The number of carbonyl (C=O) groups excluding carboxylic acids is 1. The number of nitrogens with zero attached hydrogens (tertiary/aromatic N) is 2. The van der Waals surface area contributed by atoms with Gasteiger partial charge in [-0.05, 0) is 43.7 Å². The van der Waals surface area contributed by atoms with Gasteiger partial charge in [0.05, 0.1) is 24.2 Å². The molecule has 1 amide bonds. The van der Waals surface area contributed by atoms with E-state index >= 15 is 0 Å². The maximum atomic E-state index is 13.0. The number of aliphatic imine (C=N–C) groups is 1. The number of amides is 1. The van der Waals surface area contributed by atoms with Gasteiger partial charge >= 0.3 is 0 Å². The van der Waals surface area contributed by atoms with Gasteiger partial charge in [0.2, 0.25) is 11.8 Å². The second-order valence-electron chi connectivity index (χ2n) is 7.74. The van der Waals surface area contributed by atoms with Gasteiger partial charge < -0.3 is 10.1 Å². The second-order valence-corrected chi connectivity index (χ2v) is 8.82. The number of ether oxygens (including phenoxy) is 1. The first-order chi connectivity index (χ1) is 15.8. The summed E-state index contributed by atoms with van der Waals surface area (Å²) < 4.78 is 31.3. The quantitative estimate of drug-likeness (QED) is 0.344. The first-order valence-electron chi connectivity index (χ1n) is 10.5. The predicted octanol–water partition coefficient (Wildman–Crippen LogP) is 5.89. The minimum atomic E-state index is -2.74. The van der Waals surface area contributed by atoms with Crippen LogP contribution >= 0.6 is 11.8 Å². The molecule has 1 aromatic heterocycles. The average molecular weight is 468 g/mol. The van der Waals surface area contributed by atoms with Gasteiger partial charge in [0.25, 0.3) is 5.91 Å². The van der Waals surface area contributed by atoms with Crippen molar-refractivity contribution in [2.45, 2.75) is 35.5 Å². The molecule has 170 valence electrons. The summed E-state index contributed by atoms with van der Waals surface area (Å²) in [4.78, 5) is 24.0. The monoisotopic (exact) mass is 467 g/mol. The Labute approximate surface area is 195 Å². The maximum Gasteiger partial charge on any atom is 0.251 e. The highest BCUT2D eigenvalue weighted by Crippen LogP contribution is 2.41. The fourth-order valence-corrected chi connectivity index (χ4v) is 4.44. The molecule has 1 aliphatic rings. The minimum absolute atomic E-state index is 0.182. The van der Waals surface area contributed by atoms with Gasteiger partial charge in [-0.2, -0.15) is 0 Å². The van der Waals surface area contributed by atoms with E-state index in [1.807, 2.05) is 42.5 Å². The predicted molar refractivity (Wildman–Crippen MR) is 125 cm³/mol. The van der Waals surface area contributed by atoms with Crippen LogP contribution in [0.25, 0.3) is 0 Å². The Bertz CT molecular complexity index is 1210. The van der Waals surface area contributed by atoms with Crippen molar-refractivity contribution in [1.82, 2.24) is 10.3 Å². The van der Waals surface area contributed by atoms with Crippen molar-refractivity contribution in [2.75, 3.05) is 13.7 Å². The molecule has 4 rings (SSSR count). The van der Waals surface area contributed by atoms with Crippen LogP contribution in [-0.4, -0.2) is 36.2 Å². The smallest absolute Gasteiger partial charge is 0.251 e. The summed E-state index contributed by atoms with van der Waals surface area (Å²) in [5, 5.41) is 2.71. The Morgan fingerprint density at radius 2 is 1.91 bits per heavy atom. The number of aromatic nitrogens is 1. The Hall–Kier alpha value is -3.26. The van der Waals surface area contributed by atoms with E-state index in [0.717, 1.165) is 22.3 Å². The number of halogens is 2. The molecule has 0 saturated heterocycles. The Morgan fingerprint density at radius 3 is 2.70 bits per heavy atom. The fraction of sp³-hybridized carbons (Fsp3) is 0.240. The Balaban J connectivity index is 1.66. The molecular weight excluding hydrogens is 444 g/mol. The van der Waals surface area contributed by atoms with E-state index in [4.69, 9.17) is 9.73 Å². The number of nitrogens with one attached hydrogen (secondary N) is 1. The highest BCUT2D eigenvalue weighted by molar-refractivity contribution is 7.99. The molecule has 0 fully saturated rings. The summed E-state index contributed by atoms with van der Waals surface area (Å²) >= 11 is 1.57. The number of hydrogen-bond donors (Lipinski definition) is 1. The zero-order valence-corrected chi connectivity index (χ0v) is 19.1. The van der Waals surface area contributed by atoms with Crippen molar-refractivity contribution in [3.8, 4) is 5.88 Å². The van der Waals surface area contributed by atoms with E-state index in [9.17, 15) is 13.6 Å². The van der Waals surface area contributed by atoms with E-state index in [1.165, 1.54) is 0 Å². The summed E-state index contributed by atoms with van der Waals surface area (Å²) in [6, 6.07) is 18.7. The van der Waals surface area contributed by atoms with Crippen LogP contribution in [0.2, 0.25) is 0 Å². The zero-order chi connectivity index (χ0) is 23.4. The average Bonchev–Trinajstić information content (AvgIpc) is 2.97. The molecule has 2 aromatic carbocycles. The van der Waals surface area contributed by atoms with E-state index in [2.05, 4.69) is 10.3 Å². The van der Waals surface area contributed by atoms with Crippen LogP contribution in [0.15, 0.2) is 75.4 Å². The van der Waals surface area contributed by atoms with E-state index in [-0.39, 0.29) is 25.3 Å². The molecule has 0 bridgehead atoms. The normalized spacial score (nSPS) is 12.8. The van der Waals surface area contributed by atoms with Crippen LogP contribution < -0.4 is 10.1 Å². The summed E-state index contributed by atoms with van der Waals surface area (Å²) in [6.07, 6.45) is -0.0668. The minimum Gasteiger partial charge on any atom is -0.481 e. The lowest BCUT2D eigenvalue weighted by molar-refractivity contribution is 0.0110. The third-order valence-corrected chi connectivity index (χ3v) is 6.21. The molecule has 3 aromatic rings. The lowest BCUT2D eigenvalue weighted by Crippen LogP contribution is -2.25. The van der Waals surface area contributed by atoms with Crippen LogP contribution in [-0.2, 0) is 0 Å². The highest BCUT2D eigenvalue weighted by Gasteiger charge is 2.22. The number of pyridine rings is 1. The lowest BCUT2D eigenvalue weighted by atomic mass is 10.1. The molecule has 33 heavy (non-hydrogen) atoms. The van der Waals surface area contributed by atoms with E-state index in [1.54, 1.807) is 37.1 Å². The topological polar surface area (TPSA) is 63.6 Å². The number of alkyl halides is 2. The number of methoxy groups -OCH3 is 1. The molecule has 0 radical (unpaired) electrons. The molecule has 5 nitrogen and oxygen atoms in total. The highest BCUT2D eigenvalue weighted by atomic mass is 32.2. The van der Waals surface area contributed by atoms with Gasteiger partial charge in [-0.1, -0.05) is 36.0 Å². The molecule has 0 spiro atoms. The first-order valence-corrected chi connectivity index (χ1v) is 11.3. The number of fused-ring (bicyclic) bond motifs is 2. The van der Waals surface area contributed by atoms with Crippen molar-refractivity contribution in [2.24, 2.45) is 4.99 Å². The SMILES string of the molecule is COc1cccc(C2=Nc3cc(C(=O)NCCCC(C)(F)F)ccc3Sc3ccccc32)n1. The van der Waals surface area contributed by atoms with Crippen molar-refractivity contribution in [3.05, 3.63) is 77.5 Å². The molecule has 0 saturated carbocycles. The van der Waals surface area contributed by atoms with Gasteiger partial charge in [0.1, 0.15) is 0 Å². The van der Waals surface area contributed by atoms with Crippen LogP contribution in [0.1, 0.15) is 41.4 Å². The third kappa shape index (κ3) is 5.57. The lowest BCUT2D eigenvalue weighted by Gasteiger charge is -2.11. The van der Waals surface area contributed by atoms with Gasteiger partial charge in [-0.15, -0.1) is 0 Å². The summed E-state index contributed by atoms with van der Waals surface area (Å²) in [6.45, 7) is 1.06. The maximum absolute atomic E-state index is 13.0. The molecule has 8 heteroatoms. The van der Waals surface area contributed by atoms with E-state index < -0.39 is 5.92 Å². The number of rotatable bonds is 7. The van der Waals surface area contributed by atoms with Gasteiger partial charge in [-0.3, -0.25) is 4.79 Å². The second kappa shape index (κ2) is 9.70. The van der Waals surface area contributed by atoms with E-state index in [0.29, 0.717) is 28.5 Å². The molecule has 1 N–H and O–H groups in total. The molecule has 0 aliphatic carbocycles. The van der Waals surface area contributed by atoms with Crippen molar-refractivity contribution in [1.29, 1.82) is 0 Å². The van der Waals surface area contributed by atoms with Crippen molar-refractivity contribution in [3.63, 3.8) is 0 Å². The summed E-state index contributed by atoms with van der Waals surface area (Å²) in [5.41, 5.74) is 3.34. The van der Waals surface area contributed by atoms with Crippen LogP contribution in [0.5, 0.6) is 5.88 Å². The third-order valence-electron chi connectivity index (χ3n) is 5.07. The summed E-state index contributed by atoms with van der Waals surface area (Å²) in [5.74, 6) is -2.57. The van der Waals surface area contributed by atoms with Gasteiger partial charge in [0.15, 0.2) is 0 Å². The van der Waals surface area contributed by atoms with Gasteiger partial charge in [-0.25, -0.2) is 18.8 Å². The number of hydrogen-bond acceptors (Lipinski definition) is 5. The molecule has 1 aliphatic heterocycles. The molecular formula is C25H23F2N3O2S. The molecule has 0 unspecified atom stereocenters. The zero-order valence-electron chi connectivity index (χ0n) is 18.3. The first kappa shape index (κ1) is 22.9. The Kier molecular flexibility index (Phi) is 6.74. The van der Waals surface area contributed by atoms with Gasteiger partial charge in [0, 0.05) is 39.9 Å². The number of carbonyl (C=O) groups is 1. The molecule has 2 heterocycles. The van der Waals surface area contributed by atoms with Crippen molar-refractivity contribution < 1.29 is 18.3 Å². The molecule has 0 atom stereocenters. The standard InChI is InChI=1S/C25H23F2N3O2S/c1-25(26,27)13-6-14-28-24(31)16-11-12-21-19(15-16)30-23(17-7-3-4-9-20(17)33-21)18-8-5-10-22(29-18)32-2/h3-5,7-12,15H,6,13-14H2,1-2H3,(H,28,31). The fourth-order valence-electron chi connectivity index (χ4n) is 3.44.